The van der Waals surface area contributed by atoms with Crippen LogP contribution in [0.3, 0.4) is 0 Å². The van der Waals surface area contributed by atoms with Crippen LogP contribution in [0.15, 0.2) is 46.3 Å². The van der Waals surface area contributed by atoms with Gasteiger partial charge in [-0.05, 0) is 58.4 Å². The molecule has 23 heavy (non-hydrogen) atoms. The normalized spacial score (nSPS) is 14.3. The van der Waals surface area contributed by atoms with Crippen LogP contribution in [0.4, 0.5) is 16.2 Å². The number of carbonyl (C=O) groups excluding carboxylic acids is 2. The molecule has 2 heterocycles. The van der Waals surface area contributed by atoms with Gasteiger partial charge in [0.2, 0.25) is 5.91 Å². The van der Waals surface area contributed by atoms with E-state index in [1.54, 1.807) is 34.4 Å². The number of hydrogen-bond acceptors (Lipinski definition) is 3. The van der Waals surface area contributed by atoms with E-state index in [2.05, 4.69) is 26.6 Å². The van der Waals surface area contributed by atoms with E-state index >= 15 is 0 Å². The second kappa shape index (κ2) is 6.97. The highest BCUT2D eigenvalue weighted by Gasteiger charge is 2.20. The molecular weight excluding hydrogens is 378 g/mol. The molecule has 0 unspecified atom stereocenters. The molecule has 1 aromatic heterocycles. The van der Waals surface area contributed by atoms with Crippen molar-refractivity contribution in [1.82, 2.24) is 5.32 Å². The van der Waals surface area contributed by atoms with Gasteiger partial charge in [0.15, 0.2) is 0 Å². The van der Waals surface area contributed by atoms with Crippen molar-refractivity contribution in [2.45, 2.75) is 0 Å². The van der Waals surface area contributed by atoms with Gasteiger partial charge >= 0.3 is 6.03 Å². The first-order valence-corrected chi connectivity index (χ1v) is 8.62. The maximum atomic E-state index is 11.9. The third kappa shape index (κ3) is 4.00. The Bertz CT molecular complexity index is 755. The molecule has 1 aromatic carbocycles. The van der Waals surface area contributed by atoms with Gasteiger partial charge in [-0.25, -0.2) is 4.79 Å². The molecule has 2 N–H and O–H groups in total. The Morgan fingerprint density at radius 3 is 2.65 bits per heavy atom. The van der Waals surface area contributed by atoms with Gasteiger partial charge in [0.1, 0.15) is 0 Å². The molecule has 1 saturated heterocycles. The molecule has 2 aromatic rings. The Labute approximate surface area is 146 Å². The Morgan fingerprint density at radius 1 is 1.26 bits per heavy atom. The van der Waals surface area contributed by atoms with E-state index in [1.807, 2.05) is 24.3 Å². The van der Waals surface area contributed by atoms with E-state index in [9.17, 15) is 9.59 Å². The number of rotatable bonds is 4. The summed E-state index contributed by atoms with van der Waals surface area (Å²) in [6, 6.07) is 11.0. The molecular formula is C16H14BrN3O2S. The van der Waals surface area contributed by atoms with Gasteiger partial charge in [-0.3, -0.25) is 9.69 Å². The number of nitrogens with zero attached hydrogens (tertiary/aromatic N) is 1. The van der Waals surface area contributed by atoms with Crippen LogP contribution in [0.25, 0.3) is 6.08 Å². The second-order valence-corrected chi connectivity index (χ2v) is 7.39. The van der Waals surface area contributed by atoms with Crippen LogP contribution in [0.1, 0.15) is 4.88 Å². The zero-order valence-corrected chi connectivity index (χ0v) is 14.5. The lowest BCUT2D eigenvalue weighted by Gasteiger charge is -2.14. The first kappa shape index (κ1) is 15.8. The molecule has 118 valence electrons. The van der Waals surface area contributed by atoms with Crippen LogP contribution in [-0.4, -0.2) is 25.0 Å². The summed E-state index contributed by atoms with van der Waals surface area (Å²) in [5.41, 5.74) is 1.51. The molecule has 1 fully saturated rings. The van der Waals surface area contributed by atoms with Crippen molar-refractivity contribution in [1.29, 1.82) is 0 Å². The van der Waals surface area contributed by atoms with Gasteiger partial charge in [0, 0.05) is 35.4 Å². The van der Waals surface area contributed by atoms with E-state index < -0.39 is 0 Å². The zero-order valence-electron chi connectivity index (χ0n) is 12.1. The van der Waals surface area contributed by atoms with Gasteiger partial charge < -0.3 is 10.6 Å². The maximum Gasteiger partial charge on any atom is 0.321 e. The smallest absolute Gasteiger partial charge is 0.321 e. The lowest BCUT2D eigenvalue weighted by Crippen LogP contribution is -2.27. The molecule has 3 rings (SSSR count). The predicted molar refractivity (Wildman–Crippen MR) is 96.9 cm³/mol. The quantitative estimate of drug-likeness (QED) is 0.780. The fraction of sp³-hybridized carbons (Fsp3) is 0.125. The summed E-state index contributed by atoms with van der Waals surface area (Å²) in [5.74, 6) is -0.193. The minimum Gasteiger partial charge on any atom is -0.336 e. The molecule has 0 bridgehead atoms. The minimum atomic E-state index is -0.193. The molecule has 0 saturated carbocycles. The van der Waals surface area contributed by atoms with Crippen molar-refractivity contribution in [3.8, 4) is 0 Å². The van der Waals surface area contributed by atoms with E-state index in [1.165, 1.54) is 6.08 Å². The number of halogens is 1. The monoisotopic (exact) mass is 391 g/mol. The van der Waals surface area contributed by atoms with E-state index in [0.717, 1.165) is 14.4 Å². The first-order chi connectivity index (χ1) is 11.1. The largest absolute Gasteiger partial charge is 0.336 e. The first-order valence-electron chi connectivity index (χ1n) is 7.02. The van der Waals surface area contributed by atoms with Gasteiger partial charge in [-0.1, -0.05) is 0 Å². The van der Waals surface area contributed by atoms with Crippen LogP contribution in [0.2, 0.25) is 0 Å². The van der Waals surface area contributed by atoms with Crippen molar-refractivity contribution in [2.24, 2.45) is 0 Å². The average Bonchev–Trinajstić information content (AvgIpc) is 3.14. The van der Waals surface area contributed by atoms with Crippen LogP contribution < -0.4 is 15.5 Å². The summed E-state index contributed by atoms with van der Waals surface area (Å²) in [7, 11) is 0. The SMILES string of the molecule is O=C(/C=C/c1ccc(Br)s1)Nc1ccc(N2CCNC2=O)cc1. The Kier molecular flexibility index (Phi) is 4.78. The number of benzene rings is 1. The van der Waals surface area contributed by atoms with Crippen molar-refractivity contribution in [3.63, 3.8) is 0 Å². The predicted octanol–water partition coefficient (Wildman–Crippen LogP) is 3.69. The van der Waals surface area contributed by atoms with Gasteiger partial charge in [-0.2, -0.15) is 0 Å². The number of nitrogens with one attached hydrogen (secondary N) is 2. The van der Waals surface area contributed by atoms with Crippen molar-refractivity contribution in [2.75, 3.05) is 23.3 Å². The zero-order chi connectivity index (χ0) is 16.2. The van der Waals surface area contributed by atoms with Crippen molar-refractivity contribution >= 4 is 56.7 Å². The standard InChI is InChI=1S/C16H14BrN3O2S/c17-14-7-5-13(23-14)6-8-15(21)19-11-1-3-12(4-2-11)20-10-9-18-16(20)22/h1-8H,9-10H2,(H,18,22)(H,19,21)/b8-6+. The fourth-order valence-electron chi connectivity index (χ4n) is 2.20. The van der Waals surface area contributed by atoms with Crippen LogP contribution in [0, 0.1) is 0 Å². The number of anilines is 2. The second-order valence-electron chi connectivity index (χ2n) is 4.89. The van der Waals surface area contributed by atoms with Crippen molar-refractivity contribution < 1.29 is 9.59 Å². The van der Waals surface area contributed by atoms with Crippen LogP contribution in [0.5, 0.6) is 0 Å². The highest BCUT2D eigenvalue weighted by Crippen LogP contribution is 2.23. The number of hydrogen-bond donors (Lipinski definition) is 2. The molecule has 0 atom stereocenters. The summed E-state index contributed by atoms with van der Waals surface area (Å²) < 4.78 is 1.03. The molecule has 5 nitrogen and oxygen atoms in total. The maximum absolute atomic E-state index is 11.9. The molecule has 0 aliphatic carbocycles. The molecule has 1 aliphatic rings. The summed E-state index contributed by atoms with van der Waals surface area (Å²) in [6.45, 7) is 1.31. The Morgan fingerprint density at radius 2 is 2.04 bits per heavy atom. The molecule has 7 heteroatoms. The van der Waals surface area contributed by atoms with Crippen molar-refractivity contribution in [3.05, 3.63) is 51.1 Å². The third-order valence-corrected chi connectivity index (χ3v) is 4.89. The summed E-state index contributed by atoms with van der Waals surface area (Å²) in [4.78, 5) is 26.2. The molecule has 0 radical (unpaired) electrons. The Hall–Kier alpha value is -2.12. The minimum absolute atomic E-state index is 0.0909. The van der Waals surface area contributed by atoms with Gasteiger partial charge in [0.05, 0.1) is 3.79 Å². The number of urea groups is 1. The van der Waals surface area contributed by atoms with Crippen LogP contribution in [-0.2, 0) is 4.79 Å². The Balaban J connectivity index is 1.60. The number of thiophene rings is 1. The van der Waals surface area contributed by atoms with E-state index in [4.69, 9.17) is 0 Å². The van der Waals surface area contributed by atoms with E-state index in [-0.39, 0.29) is 11.9 Å². The summed E-state index contributed by atoms with van der Waals surface area (Å²) in [5, 5.41) is 5.55. The lowest BCUT2D eigenvalue weighted by molar-refractivity contribution is -0.111. The fourth-order valence-corrected chi connectivity index (χ4v) is 3.53. The highest BCUT2D eigenvalue weighted by atomic mass is 79.9. The van der Waals surface area contributed by atoms with Crippen LogP contribution >= 0.6 is 27.3 Å². The third-order valence-electron chi connectivity index (χ3n) is 3.30. The lowest BCUT2D eigenvalue weighted by atomic mass is 10.2. The highest BCUT2D eigenvalue weighted by molar-refractivity contribution is 9.11. The molecule has 1 aliphatic heterocycles. The van der Waals surface area contributed by atoms with E-state index in [0.29, 0.717) is 18.8 Å². The molecule has 0 spiro atoms. The summed E-state index contributed by atoms with van der Waals surface area (Å²) >= 11 is 4.94. The topological polar surface area (TPSA) is 61.4 Å². The van der Waals surface area contributed by atoms with Gasteiger partial charge in [-0.15, -0.1) is 11.3 Å². The van der Waals surface area contributed by atoms with Gasteiger partial charge in [0.25, 0.3) is 0 Å². The average molecular weight is 392 g/mol. The summed E-state index contributed by atoms with van der Waals surface area (Å²) in [6.07, 6.45) is 3.27. The number of amides is 3. The molecule has 3 amide bonds. The number of carbonyl (C=O) groups is 2.